The fraction of sp³-hybridized carbons (Fsp3) is 0.500. The third kappa shape index (κ3) is 12.1. The second kappa shape index (κ2) is 19.0. The van der Waals surface area contributed by atoms with Gasteiger partial charge in [0.1, 0.15) is 5.75 Å². The van der Waals surface area contributed by atoms with Crippen LogP contribution in [-0.2, 0) is 6.54 Å². The lowest BCUT2D eigenvalue weighted by molar-refractivity contribution is -0.683. The molecule has 0 bridgehead atoms. The molecule has 0 aliphatic heterocycles. The van der Waals surface area contributed by atoms with Gasteiger partial charge in [0, 0.05) is 11.1 Å². The topological polar surface area (TPSA) is 42.2 Å². The Hall–Kier alpha value is -2.18. The standard InChI is InChI=1S/C32H44N2O2S.BrH/c1-3-4-5-6-7-8-9-10-11-12-13-16-23-36-30-21-19-28(20-22-30)32(35)33-31-18-15-14-17-29(31)25-34-24-27(2)37-26-34;/h14-15,17-22,24,26H,3-13,16,23,25H2,1-2H3;1H. The smallest absolute Gasteiger partial charge is 0.255 e. The van der Waals surface area contributed by atoms with E-state index in [0.29, 0.717) is 5.56 Å². The van der Waals surface area contributed by atoms with Crippen LogP contribution in [0.4, 0.5) is 5.69 Å². The fourth-order valence-electron chi connectivity index (χ4n) is 4.54. The van der Waals surface area contributed by atoms with Crippen molar-refractivity contribution in [1.82, 2.24) is 0 Å². The zero-order chi connectivity index (χ0) is 26.1. The molecule has 2 aromatic carbocycles. The van der Waals surface area contributed by atoms with Crippen LogP contribution in [0.5, 0.6) is 5.75 Å². The van der Waals surface area contributed by atoms with Gasteiger partial charge < -0.3 is 27.0 Å². The molecule has 0 aliphatic rings. The lowest BCUT2D eigenvalue weighted by Crippen LogP contribution is -3.00. The number of para-hydroxylation sites is 1. The van der Waals surface area contributed by atoms with Crippen LogP contribution >= 0.6 is 11.3 Å². The molecule has 0 radical (unpaired) electrons. The van der Waals surface area contributed by atoms with Crippen molar-refractivity contribution in [3.63, 3.8) is 0 Å². The zero-order valence-corrected chi connectivity index (χ0v) is 25.6. The first-order valence-corrected chi connectivity index (χ1v) is 15.1. The number of nitrogens with one attached hydrogen (secondary N) is 1. The van der Waals surface area contributed by atoms with Gasteiger partial charge in [-0.05, 0) is 43.7 Å². The van der Waals surface area contributed by atoms with Crippen molar-refractivity contribution >= 4 is 22.9 Å². The number of rotatable bonds is 18. The summed E-state index contributed by atoms with van der Waals surface area (Å²) < 4.78 is 8.05. The minimum Gasteiger partial charge on any atom is -1.00 e. The summed E-state index contributed by atoms with van der Waals surface area (Å²) in [6, 6.07) is 15.4. The average Bonchev–Trinajstić information content (AvgIpc) is 3.32. The van der Waals surface area contributed by atoms with Crippen LogP contribution < -0.4 is 31.6 Å². The number of ether oxygens (including phenoxy) is 1. The van der Waals surface area contributed by atoms with E-state index in [1.54, 1.807) is 11.3 Å². The van der Waals surface area contributed by atoms with Crippen LogP contribution in [0.25, 0.3) is 0 Å². The molecule has 0 saturated heterocycles. The normalized spacial score (nSPS) is 10.7. The number of aromatic nitrogens is 1. The van der Waals surface area contributed by atoms with Gasteiger partial charge in [0.25, 0.3) is 5.91 Å². The van der Waals surface area contributed by atoms with Crippen molar-refractivity contribution in [1.29, 1.82) is 0 Å². The highest BCUT2D eigenvalue weighted by molar-refractivity contribution is 7.09. The molecule has 38 heavy (non-hydrogen) atoms. The predicted octanol–water partition coefficient (Wildman–Crippen LogP) is 5.73. The number of thiazole rings is 1. The molecule has 0 atom stereocenters. The number of carbonyl (C=O) groups is 1. The molecule has 0 spiro atoms. The SMILES string of the molecule is CCCCCCCCCCCCCCOc1ccc(C(=O)Nc2ccccc2C[n+]2csc(C)c2)cc1.[Br-]. The number of nitrogens with zero attached hydrogens (tertiary/aromatic N) is 1. The van der Waals surface area contributed by atoms with Crippen molar-refractivity contribution in [3.8, 4) is 5.75 Å². The Bertz CT molecular complexity index is 1050. The number of amides is 1. The predicted molar refractivity (Wildman–Crippen MR) is 156 cm³/mol. The van der Waals surface area contributed by atoms with Gasteiger partial charge in [0.15, 0.2) is 12.7 Å². The molecule has 4 nitrogen and oxygen atoms in total. The van der Waals surface area contributed by atoms with Crippen molar-refractivity contribution in [2.24, 2.45) is 0 Å². The maximum absolute atomic E-state index is 12.9. The maximum Gasteiger partial charge on any atom is 0.255 e. The molecule has 1 heterocycles. The largest absolute Gasteiger partial charge is 1.00 e. The Morgan fingerprint density at radius 1 is 0.842 bits per heavy atom. The van der Waals surface area contributed by atoms with Gasteiger partial charge in [-0.25, -0.2) is 0 Å². The van der Waals surface area contributed by atoms with Crippen LogP contribution in [0.1, 0.15) is 105 Å². The number of benzene rings is 2. The molecule has 3 aromatic rings. The first kappa shape index (κ1) is 32.0. The first-order valence-electron chi connectivity index (χ1n) is 14.2. The summed E-state index contributed by atoms with van der Waals surface area (Å²) in [4.78, 5) is 14.1. The van der Waals surface area contributed by atoms with E-state index in [1.807, 2.05) is 42.5 Å². The first-order chi connectivity index (χ1) is 18.2. The van der Waals surface area contributed by atoms with Crippen LogP contribution in [0, 0.1) is 6.92 Å². The quantitative estimate of drug-likeness (QED) is 0.150. The minimum absolute atomic E-state index is 0. The summed E-state index contributed by atoms with van der Waals surface area (Å²) in [5.74, 6) is 0.718. The van der Waals surface area contributed by atoms with E-state index >= 15 is 0 Å². The molecule has 1 N–H and O–H groups in total. The van der Waals surface area contributed by atoms with Gasteiger partial charge in [-0.1, -0.05) is 107 Å². The number of halogens is 1. The van der Waals surface area contributed by atoms with Gasteiger partial charge in [0.2, 0.25) is 5.51 Å². The molecule has 208 valence electrons. The van der Waals surface area contributed by atoms with E-state index in [-0.39, 0.29) is 22.9 Å². The number of unbranched alkanes of at least 4 members (excludes halogenated alkanes) is 11. The van der Waals surface area contributed by atoms with Crippen molar-refractivity contribution in [3.05, 3.63) is 76.2 Å². The van der Waals surface area contributed by atoms with E-state index in [4.69, 9.17) is 4.74 Å². The lowest BCUT2D eigenvalue weighted by atomic mass is 10.1. The van der Waals surface area contributed by atoms with E-state index in [2.05, 4.69) is 41.5 Å². The van der Waals surface area contributed by atoms with Gasteiger partial charge >= 0.3 is 0 Å². The monoisotopic (exact) mass is 600 g/mol. The summed E-state index contributed by atoms with van der Waals surface area (Å²) >= 11 is 1.72. The summed E-state index contributed by atoms with van der Waals surface area (Å²) in [6.45, 7) is 5.83. The van der Waals surface area contributed by atoms with Crippen molar-refractivity contribution < 1.29 is 31.1 Å². The molecule has 0 saturated carbocycles. The van der Waals surface area contributed by atoms with Gasteiger partial charge in [-0.15, -0.1) is 0 Å². The second-order valence-corrected chi connectivity index (χ2v) is 11.1. The highest BCUT2D eigenvalue weighted by Crippen LogP contribution is 2.19. The van der Waals surface area contributed by atoms with Gasteiger partial charge in [0.05, 0.1) is 17.2 Å². The van der Waals surface area contributed by atoms with E-state index in [1.165, 1.54) is 75.5 Å². The third-order valence-electron chi connectivity index (χ3n) is 6.72. The molecule has 1 aromatic heterocycles. The third-order valence-corrected chi connectivity index (χ3v) is 7.58. The molecule has 1 amide bonds. The Morgan fingerprint density at radius 2 is 1.45 bits per heavy atom. The summed E-state index contributed by atoms with van der Waals surface area (Å²) in [5, 5.41) is 3.08. The molecule has 3 rings (SSSR count). The van der Waals surface area contributed by atoms with Gasteiger partial charge in [-0.2, -0.15) is 4.57 Å². The van der Waals surface area contributed by atoms with E-state index in [9.17, 15) is 4.79 Å². The average molecular weight is 602 g/mol. The summed E-state index contributed by atoms with van der Waals surface area (Å²) in [6.07, 6.45) is 18.2. The van der Waals surface area contributed by atoms with Crippen LogP contribution in [-0.4, -0.2) is 12.5 Å². The molecule has 6 heteroatoms. The summed E-state index contributed by atoms with van der Waals surface area (Å²) in [5.41, 5.74) is 4.66. The molecular weight excluding hydrogens is 556 g/mol. The zero-order valence-electron chi connectivity index (χ0n) is 23.2. The number of hydrogen-bond donors (Lipinski definition) is 1. The Labute approximate surface area is 244 Å². The Balaban J connectivity index is 0.00000507. The van der Waals surface area contributed by atoms with Crippen molar-refractivity contribution in [2.45, 2.75) is 97.4 Å². The fourth-order valence-corrected chi connectivity index (χ4v) is 5.17. The second-order valence-electron chi connectivity index (χ2n) is 10.0. The molecule has 0 aliphatic carbocycles. The lowest BCUT2D eigenvalue weighted by Gasteiger charge is -2.10. The van der Waals surface area contributed by atoms with Crippen molar-refractivity contribution in [2.75, 3.05) is 11.9 Å². The Kier molecular flexibility index (Phi) is 16.0. The number of anilines is 1. The van der Waals surface area contributed by atoms with Crippen LogP contribution in [0.15, 0.2) is 60.2 Å². The number of carbonyl (C=O) groups excluding carboxylic acids is 1. The minimum atomic E-state index is -0.105. The molecule has 0 unspecified atom stereocenters. The van der Waals surface area contributed by atoms with Gasteiger partial charge in [-0.3, -0.25) is 4.79 Å². The highest BCUT2D eigenvalue weighted by atomic mass is 79.9. The van der Waals surface area contributed by atoms with E-state index in [0.717, 1.165) is 36.6 Å². The molecule has 0 fully saturated rings. The number of aryl methyl sites for hydroxylation is 1. The number of hydrogen-bond acceptors (Lipinski definition) is 3. The Morgan fingerprint density at radius 3 is 2.05 bits per heavy atom. The van der Waals surface area contributed by atoms with Crippen LogP contribution in [0.3, 0.4) is 0 Å². The maximum atomic E-state index is 12.9. The summed E-state index contributed by atoms with van der Waals surface area (Å²) in [7, 11) is 0. The molecular formula is C32H45BrN2O2S. The highest BCUT2D eigenvalue weighted by Gasteiger charge is 2.13. The van der Waals surface area contributed by atoms with E-state index < -0.39 is 0 Å². The van der Waals surface area contributed by atoms with Crippen LogP contribution in [0.2, 0.25) is 0 Å².